The molecule has 2 aromatic carbocycles. The standard InChI is InChI=1S/C21H33NO4.C13H17NO2.C11H20O2.C10H16O4.C9H15NO3.C8H13NO2/c1-7-20(3,4)17-9-11-18(12-10-17)21(5,6)22-19(23)26-16-15-25-14-13-24-8-2;1-3-11(2)15-8-9-16-13-6-4-12(10-14)5-7-13;1-5-7-13-11(12)10(4)8-9(3)6-2;1-4-8(3)10(12)14-7-6-13-9(11)5-2;1-3-8(2)12-6-7-13-9(11)4-5-10;1-3-7(2)8(10)11-6-4-5-9/h8-12H,2,7,13-16H2,1,3-6H3,(H,22,23);4-7,11H,3,8-9H2,1-2H3;5,9-10H,1,6-8H2,2-4H3;5,8H,2,4,6-7H2,1,3H3;8H,3-4,6-7H2,1-2H3;7H,3-4,6H2,1-2H3. The minimum atomic E-state index is -0.523. The van der Waals surface area contributed by atoms with E-state index < -0.39 is 23.6 Å². The zero-order valence-electron chi connectivity index (χ0n) is 59.1. The van der Waals surface area contributed by atoms with Crippen molar-refractivity contribution in [1.29, 1.82) is 15.8 Å². The highest BCUT2D eigenvalue weighted by Gasteiger charge is 2.25. The maximum atomic E-state index is 12.0. The van der Waals surface area contributed by atoms with Crippen molar-refractivity contribution in [2.45, 2.75) is 192 Å². The van der Waals surface area contributed by atoms with Crippen molar-refractivity contribution in [2.24, 2.45) is 23.7 Å². The van der Waals surface area contributed by atoms with Crippen molar-refractivity contribution < 1.29 is 80.9 Å². The number of carbonyl (C=O) groups excluding carboxylic acids is 6. The van der Waals surface area contributed by atoms with Gasteiger partial charge < -0.3 is 57.4 Å². The predicted octanol–water partition coefficient (Wildman–Crippen LogP) is 14.1. The number of alkyl carbamates (subject to hydrolysis) is 1. The minimum Gasteiger partial charge on any atom is -0.499 e. The number of amides is 1. The second-order valence-electron chi connectivity index (χ2n) is 22.4. The molecular formula is C72H114N4O17. The van der Waals surface area contributed by atoms with Gasteiger partial charge in [0.05, 0.1) is 98.4 Å². The molecule has 1 N–H and O–H groups in total. The summed E-state index contributed by atoms with van der Waals surface area (Å²) in [6.45, 7) is 46.3. The number of nitrogens with zero attached hydrogens (tertiary/aromatic N) is 3. The molecule has 6 atom stereocenters. The molecule has 21 heteroatoms. The first kappa shape index (κ1) is 91.6. The zero-order chi connectivity index (χ0) is 71.5. The van der Waals surface area contributed by atoms with Crippen LogP contribution in [0.15, 0.2) is 86.7 Å². The molecule has 0 aliphatic carbocycles. The van der Waals surface area contributed by atoms with Crippen molar-refractivity contribution in [1.82, 2.24) is 5.32 Å². The number of nitrogens with one attached hydrogen (secondary N) is 1. The number of esters is 5. The number of hydrogen-bond donors (Lipinski definition) is 1. The van der Waals surface area contributed by atoms with Gasteiger partial charge in [0.2, 0.25) is 0 Å². The van der Waals surface area contributed by atoms with Crippen molar-refractivity contribution in [3.63, 3.8) is 0 Å². The van der Waals surface area contributed by atoms with Crippen LogP contribution in [0, 0.1) is 57.7 Å². The maximum absolute atomic E-state index is 12.0. The van der Waals surface area contributed by atoms with Gasteiger partial charge in [-0.25, -0.2) is 9.59 Å². The van der Waals surface area contributed by atoms with Gasteiger partial charge in [0.15, 0.2) is 0 Å². The summed E-state index contributed by atoms with van der Waals surface area (Å²) in [5.74, 6) is -0.364. The van der Waals surface area contributed by atoms with Crippen LogP contribution in [-0.4, -0.2) is 127 Å². The summed E-state index contributed by atoms with van der Waals surface area (Å²) in [7, 11) is 0. The fourth-order valence-corrected chi connectivity index (χ4v) is 6.49. The van der Waals surface area contributed by atoms with Gasteiger partial charge in [0, 0.05) is 6.08 Å². The van der Waals surface area contributed by atoms with Crippen LogP contribution in [0.5, 0.6) is 5.75 Å². The summed E-state index contributed by atoms with van der Waals surface area (Å²) in [5.41, 5.74) is 2.59. The monoisotopic (exact) mass is 1310 g/mol. The lowest BCUT2D eigenvalue weighted by Gasteiger charge is -2.28. The SMILES string of the molecule is C=CC(=O)OCCOC(=O)C(C)CC.C=CCOC(=O)C(C)CC(C)CC.C=COCCOCCOC(=O)NC(C)(C)c1ccc(C(C)(C)CC)cc1.CCC(C)C(=O)OCCC#N.CCC(C)OCCOC(=O)CC#N.CCC(C)OCCOc1ccc(C#N)cc1. The van der Waals surface area contributed by atoms with Crippen LogP contribution in [0.1, 0.15) is 185 Å². The van der Waals surface area contributed by atoms with E-state index in [0.29, 0.717) is 57.7 Å². The Balaban J connectivity index is -0.000000526. The van der Waals surface area contributed by atoms with Crippen molar-refractivity contribution in [3.05, 3.63) is 103 Å². The van der Waals surface area contributed by atoms with Gasteiger partial charge in [0.1, 0.15) is 65.0 Å². The topological polar surface area (TPSA) is 287 Å². The van der Waals surface area contributed by atoms with Crippen LogP contribution in [0.4, 0.5) is 4.79 Å². The average molecular weight is 1310 g/mol. The second-order valence-corrected chi connectivity index (χ2v) is 22.4. The average Bonchev–Trinajstić information content (AvgIpc) is 0.940. The van der Waals surface area contributed by atoms with Gasteiger partial charge in [-0.05, 0) is 113 Å². The minimum absolute atomic E-state index is 0.00917. The number of hydrogen-bond acceptors (Lipinski definition) is 20. The molecule has 524 valence electrons. The van der Waals surface area contributed by atoms with E-state index in [1.165, 1.54) is 11.8 Å². The lowest BCUT2D eigenvalue weighted by molar-refractivity contribution is -0.152. The van der Waals surface area contributed by atoms with Crippen molar-refractivity contribution in [3.8, 4) is 24.0 Å². The fraction of sp³-hybridized carbons (Fsp3) is 0.625. The molecule has 0 saturated carbocycles. The molecule has 93 heavy (non-hydrogen) atoms. The number of ether oxygens (including phenoxy) is 11. The third-order valence-electron chi connectivity index (χ3n) is 13.9. The van der Waals surface area contributed by atoms with Gasteiger partial charge in [0.25, 0.3) is 0 Å². The quantitative estimate of drug-likeness (QED) is 0.0162. The molecule has 0 radical (unpaired) electrons. The summed E-state index contributed by atoms with van der Waals surface area (Å²) in [6.07, 6.45) is 10.7. The molecule has 0 heterocycles. The van der Waals surface area contributed by atoms with Gasteiger partial charge in [-0.1, -0.05) is 140 Å². The van der Waals surface area contributed by atoms with Crippen LogP contribution in [0.25, 0.3) is 0 Å². The molecule has 0 spiro atoms. The highest BCUT2D eigenvalue weighted by Crippen LogP contribution is 2.29. The van der Waals surface area contributed by atoms with E-state index >= 15 is 0 Å². The summed E-state index contributed by atoms with van der Waals surface area (Å²) < 4.78 is 55.4. The maximum Gasteiger partial charge on any atom is 0.407 e. The molecule has 0 bridgehead atoms. The van der Waals surface area contributed by atoms with Crippen molar-refractivity contribution in [2.75, 3.05) is 79.3 Å². The lowest BCUT2D eigenvalue weighted by Crippen LogP contribution is -2.41. The molecule has 0 aliphatic rings. The van der Waals surface area contributed by atoms with Gasteiger partial charge in [-0.2, -0.15) is 15.8 Å². The van der Waals surface area contributed by atoms with E-state index in [1.54, 1.807) is 43.3 Å². The number of rotatable bonds is 39. The molecule has 21 nitrogen and oxygen atoms in total. The summed E-state index contributed by atoms with van der Waals surface area (Å²) in [4.78, 5) is 66.5. The third-order valence-corrected chi connectivity index (χ3v) is 13.9. The first-order valence-electron chi connectivity index (χ1n) is 32.2. The number of nitriles is 3. The number of benzene rings is 2. The Morgan fingerprint density at radius 2 is 1.05 bits per heavy atom. The molecule has 0 aliphatic heterocycles. The third kappa shape index (κ3) is 52.4. The summed E-state index contributed by atoms with van der Waals surface area (Å²) in [6, 6.07) is 21.1. The predicted molar refractivity (Wildman–Crippen MR) is 360 cm³/mol. The Morgan fingerprint density at radius 1 is 0.548 bits per heavy atom. The molecule has 1 amide bonds. The summed E-state index contributed by atoms with van der Waals surface area (Å²) >= 11 is 0. The Labute approximate surface area is 557 Å². The molecule has 6 unspecified atom stereocenters. The number of carbonyl (C=O) groups is 6. The highest BCUT2D eigenvalue weighted by atomic mass is 16.6. The Bertz CT molecular complexity index is 2460. The normalized spacial score (nSPS) is 12.1. The first-order chi connectivity index (χ1) is 44.1. The largest absolute Gasteiger partial charge is 0.499 e. The molecular weight excluding hydrogens is 1190 g/mol. The van der Waals surface area contributed by atoms with Crippen LogP contribution < -0.4 is 10.1 Å². The van der Waals surface area contributed by atoms with E-state index in [9.17, 15) is 28.8 Å². The van der Waals surface area contributed by atoms with Crippen molar-refractivity contribution >= 4 is 35.9 Å². The zero-order valence-corrected chi connectivity index (χ0v) is 59.1. The lowest BCUT2D eigenvalue weighted by atomic mass is 9.81. The van der Waals surface area contributed by atoms with Gasteiger partial charge >= 0.3 is 35.9 Å². The Morgan fingerprint density at radius 3 is 1.54 bits per heavy atom. The van der Waals surface area contributed by atoms with Crippen LogP contribution in [-0.2, 0) is 82.3 Å². The fourth-order valence-electron chi connectivity index (χ4n) is 6.49. The molecule has 2 rings (SSSR count). The van der Waals surface area contributed by atoms with E-state index in [4.69, 9.17) is 63.2 Å². The van der Waals surface area contributed by atoms with Gasteiger partial charge in [-0.15, -0.1) is 0 Å². The molecule has 0 fully saturated rings. The highest BCUT2D eigenvalue weighted by molar-refractivity contribution is 5.81. The Hall–Kier alpha value is -7.77. The molecule has 2 aromatic rings. The van der Waals surface area contributed by atoms with E-state index in [0.717, 1.165) is 62.3 Å². The van der Waals surface area contributed by atoms with E-state index in [1.807, 2.05) is 68.4 Å². The van der Waals surface area contributed by atoms with Gasteiger partial charge in [-0.3, -0.25) is 19.2 Å². The van der Waals surface area contributed by atoms with Crippen LogP contribution in [0.3, 0.4) is 0 Å². The van der Waals surface area contributed by atoms with E-state index in [-0.39, 0.29) is 99.2 Å². The van der Waals surface area contributed by atoms with Crippen LogP contribution >= 0.6 is 0 Å². The second kappa shape index (κ2) is 59.3. The molecule has 0 saturated heterocycles. The summed E-state index contributed by atoms with van der Waals surface area (Å²) in [5, 5.41) is 27.8. The smallest absolute Gasteiger partial charge is 0.407 e. The first-order valence-corrected chi connectivity index (χ1v) is 32.2. The Kier molecular flexibility index (Phi) is 58.4. The van der Waals surface area contributed by atoms with E-state index in [2.05, 4.69) is 102 Å². The van der Waals surface area contributed by atoms with Crippen LogP contribution in [0.2, 0.25) is 0 Å². The molecule has 0 aromatic heterocycles.